The van der Waals surface area contributed by atoms with Crippen molar-refractivity contribution in [1.82, 2.24) is 15.0 Å². The third-order valence-corrected chi connectivity index (χ3v) is 2.42. The van der Waals surface area contributed by atoms with Gasteiger partial charge in [0.25, 0.3) is 5.24 Å². The minimum atomic E-state index is -0.620. The van der Waals surface area contributed by atoms with Gasteiger partial charge in [0.05, 0.1) is 11.4 Å². The number of carbonyl (C=O) groups is 1. The molecule has 1 aromatic heterocycles. The molecule has 2 rings (SSSR count). The average molecular weight is 256 g/mol. The highest BCUT2D eigenvalue weighted by Gasteiger charge is 2.13. The van der Waals surface area contributed by atoms with Gasteiger partial charge in [0, 0.05) is 5.02 Å². The predicted molar refractivity (Wildman–Crippen MR) is 61.3 cm³/mol. The van der Waals surface area contributed by atoms with E-state index in [2.05, 4.69) is 10.2 Å². The molecule has 2 aromatic rings. The van der Waals surface area contributed by atoms with Gasteiger partial charge in [-0.3, -0.25) is 4.79 Å². The molecule has 0 aliphatic heterocycles. The van der Waals surface area contributed by atoms with E-state index in [1.165, 1.54) is 4.80 Å². The second kappa shape index (κ2) is 4.23. The number of halogens is 2. The third-order valence-electron chi connectivity index (χ3n) is 2.01. The fourth-order valence-electron chi connectivity index (χ4n) is 1.28. The monoisotopic (exact) mass is 255 g/mol. The normalized spacial score (nSPS) is 10.4. The predicted octanol–water partition coefficient (Wildman–Crippen LogP) is 2.61. The number of carbonyl (C=O) groups excluding carboxylic acids is 1. The van der Waals surface area contributed by atoms with E-state index in [1.807, 2.05) is 0 Å². The largest absolute Gasteiger partial charge is 0.274 e. The van der Waals surface area contributed by atoms with Gasteiger partial charge < -0.3 is 0 Å². The van der Waals surface area contributed by atoms with Gasteiger partial charge in [0.2, 0.25) is 0 Å². The molecular weight excluding hydrogens is 249 g/mol. The Kier molecular flexibility index (Phi) is 2.94. The Balaban J connectivity index is 2.49. The van der Waals surface area contributed by atoms with E-state index >= 15 is 0 Å². The summed E-state index contributed by atoms with van der Waals surface area (Å²) in [7, 11) is 0. The van der Waals surface area contributed by atoms with Crippen LogP contribution in [0, 0.1) is 6.92 Å². The zero-order chi connectivity index (χ0) is 11.7. The molecule has 0 aliphatic carbocycles. The van der Waals surface area contributed by atoms with E-state index in [-0.39, 0.29) is 5.69 Å². The third kappa shape index (κ3) is 2.08. The van der Waals surface area contributed by atoms with Crippen molar-refractivity contribution in [3.05, 3.63) is 40.7 Å². The molecule has 0 unspecified atom stereocenters. The van der Waals surface area contributed by atoms with E-state index < -0.39 is 5.24 Å². The first-order valence-corrected chi connectivity index (χ1v) is 5.23. The molecule has 0 N–H and O–H groups in total. The lowest BCUT2D eigenvalue weighted by Gasteiger charge is -1.98. The van der Waals surface area contributed by atoms with Crippen LogP contribution in [0.1, 0.15) is 16.2 Å². The van der Waals surface area contributed by atoms with Crippen LogP contribution >= 0.6 is 23.2 Å². The van der Waals surface area contributed by atoms with Gasteiger partial charge in [0.1, 0.15) is 0 Å². The molecule has 0 amide bonds. The summed E-state index contributed by atoms with van der Waals surface area (Å²) >= 11 is 11.2. The van der Waals surface area contributed by atoms with Crippen LogP contribution in [-0.4, -0.2) is 20.2 Å². The van der Waals surface area contributed by atoms with Crippen molar-refractivity contribution in [2.75, 3.05) is 0 Å². The van der Waals surface area contributed by atoms with E-state index in [0.29, 0.717) is 16.4 Å². The summed E-state index contributed by atoms with van der Waals surface area (Å²) in [5, 5.41) is 8.03. The SMILES string of the molecule is Cc1nn(-c2cccc(Cl)c2)nc1C(=O)Cl. The maximum atomic E-state index is 11.0. The second-order valence-electron chi connectivity index (χ2n) is 3.18. The Morgan fingerprint density at radius 1 is 1.38 bits per heavy atom. The summed E-state index contributed by atoms with van der Waals surface area (Å²) in [4.78, 5) is 12.3. The molecule has 0 aliphatic rings. The number of nitrogens with zero attached hydrogens (tertiary/aromatic N) is 3. The van der Waals surface area contributed by atoms with Gasteiger partial charge >= 0.3 is 0 Å². The van der Waals surface area contributed by atoms with Gasteiger partial charge in [-0.2, -0.15) is 9.90 Å². The molecule has 0 fully saturated rings. The fourth-order valence-corrected chi connectivity index (χ4v) is 1.64. The summed E-state index contributed by atoms with van der Waals surface area (Å²) in [6.45, 7) is 1.67. The summed E-state index contributed by atoms with van der Waals surface area (Å²) in [5.74, 6) is 0. The molecular formula is C10H7Cl2N3O. The fraction of sp³-hybridized carbons (Fsp3) is 0.100. The molecule has 4 nitrogen and oxygen atoms in total. The Morgan fingerprint density at radius 3 is 2.69 bits per heavy atom. The zero-order valence-corrected chi connectivity index (χ0v) is 9.83. The Hall–Kier alpha value is -1.39. The maximum absolute atomic E-state index is 11.0. The highest BCUT2D eigenvalue weighted by atomic mass is 35.5. The molecule has 6 heteroatoms. The number of benzene rings is 1. The highest BCUT2D eigenvalue weighted by Crippen LogP contribution is 2.14. The first-order chi connectivity index (χ1) is 7.58. The molecule has 82 valence electrons. The van der Waals surface area contributed by atoms with Crippen molar-refractivity contribution in [2.24, 2.45) is 0 Å². The summed E-state index contributed by atoms with van der Waals surface area (Å²) in [6, 6.07) is 7.00. The van der Waals surface area contributed by atoms with Crippen LogP contribution in [-0.2, 0) is 0 Å². The van der Waals surface area contributed by atoms with Crippen molar-refractivity contribution >= 4 is 28.4 Å². The number of hydrogen-bond donors (Lipinski definition) is 0. The molecule has 1 aromatic carbocycles. The Labute approximate surface area is 102 Å². The van der Waals surface area contributed by atoms with Crippen molar-refractivity contribution in [1.29, 1.82) is 0 Å². The lowest BCUT2D eigenvalue weighted by Crippen LogP contribution is -1.99. The molecule has 0 saturated heterocycles. The van der Waals surface area contributed by atoms with Crippen LogP contribution in [0.3, 0.4) is 0 Å². The van der Waals surface area contributed by atoms with Crippen LogP contribution in [0.25, 0.3) is 5.69 Å². The quantitative estimate of drug-likeness (QED) is 0.776. The van der Waals surface area contributed by atoms with Crippen LogP contribution in [0.15, 0.2) is 24.3 Å². The smallest absolute Gasteiger partial charge is 0.274 e. The molecule has 0 saturated carbocycles. The molecule has 0 bridgehead atoms. The van der Waals surface area contributed by atoms with Crippen LogP contribution in [0.2, 0.25) is 5.02 Å². The zero-order valence-electron chi connectivity index (χ0n) is 8.32. The van der Waals surface area contributed by atoms with E-state index in [1.54, 1.807) is 31.2 Å². The van der Waals surface area contributed by atoms with Crippen molar-refractivity contribution in [2.45, 2.75) is 6.92 Å². The molecule has 16 heavy (non-hydrogen) atoms. The van der Waals surface area contributed by atoms with Gasteiger partial charge in [-0.05, 0) is 36.7 Å². The van der Waals surface area contributed by atoms with E-state index in [4.69, 9.17) is 23.2 Å². The maximum Gasteiger partial charge on any atom is 0.274 e. The lowest BCUT2D eigenvalue weighted by atomic mass is 10.3. The first-order valence-electron chi connectivity index (χ1n) is 4.47. The van der Waals surface area contributed by atoms with Gasteiger partial charge in [0.15, 0.2) is 5.69 Å². The van der Waals surface area contributed by atoms with Crippen LogP contribution < -0.4 is 0 Å². The average Bonchev–Trinajstić information content (AvgIpc) is 2.60. The Morgan fingerprint density at radius 2 is 2.12 bits per heavy atom. The minimum Gasteiger partial charge on any atom is -0.274 e. The van der Waals surface area contributed by atoms with E-state index in [0.717, 1.165) is 0 Å². The standard InChI is InChI=1S/C10H7Cl2N3O/c1-6-9(10(12)16)14-15(13-6)8-4-2-3-7(11)5-8/h2-5H,1H3. The number of hydrogen-bond acceptors (Lipinski definition) is 3. The second-order valence-corrected chi connectivity index (χ2v) is 3.96. The first kappa shape index (κ1) is 11.1. The Bertz CT molecular complexity index is 551. The molecule has 0 spiro atoms. The highest BCUT2D eigenvalue weighted by molar-refractivity contribution is 6.67. The van der Waals surface area contributed by atoms with Gasteiger partial charge in [-0.25, -0.2) is 0 Å². The topological polar surface area (TPSA) is 47.8 Å². The van der Waals surface area contributed by atoms with Gasteiger partial charge in [-0.1, -0.05) is 17.7 Å². The lowest BCUT2D eigenvalue weighted by molar-refractivity contribution is 0.107. The number of aromatic nitrogens is 3. The molecule has 0 atom stereocenters. The van der Waals surface area contributed by atoms with Crippen molar-refractivity contribution in [3.8, 4) is 5.69 Å². The summed E-state index contributed by atoms with van der Waals surface area (Å²) in [6.07, 6.45) is 0. The van der Waals surface area contributed by atoms with Gasteiger partial charge in [-0.15, -0.1) is 5.10 Å². The van der Waals surface area contributed by atoms with Crippen molar-refractivity contribution < 1.29 is 4.79 Å². The number of aryl methyl sites for hydroxylation is 1. The van der Waals surface area contributed by atoms with Crippen LogP contribution in [0.5, 0.6) is 0 Å². The van der Waals surface area contributed by atoms with E-state index in [9.17, 15) is 4.79 Å². The summed E-state index contributed by atoms with van der Waals surface area (Å²) < 4.78 is 0. The van der Waals surface area contributed by atoms with Crippen molar-refractivity contribution in [3.63, 3.8) is 0 Å². The molecule has 0 radical (unpaired) electrons. The minimum absolute atomic E-state index is 0.154. The van der Waals surface area contributed by atoms with Crippen LogP contribution in [0.4, 0.5) is 0 Å². The molecule has 1 heterocycles. The number of rotatable bonds is 2. The summed E-state index contributed by atoms with van der Waals surface area (Å²) in [5.41, 5.74) is 1.32.